The molecule has 0 aliphatic carbocycles. The number of nitrogens with zero attached hydrogens (tertiary/aromatic N) is 3. The van der Waals surface area contributed by atoms with Crippen molar-refractivity contribution in [1.29, 1.82) is 0 Å². The maximum atomic E-state index is 12.3. The highest BCUT2D eigenvalue weighted by molar-refractivity contribution is 5.93. The number of urea groups is 1. The summed E-state index contributed by atoms with van der Waals surface area (Å²) >= 11 is 0. The number of pyridine rings is 1. The van der Waals surface area contributed by atoms with Gasteiger partial charge in [-0.1, -0.05) is 0 Å². The zero-order chi connectivity index (χ0) is 20.2. The van der Waals surface area contributed by atoms with Crippen molar-refractivity contribution < 1.29 is 14.3 Å². The van der Waals surface area contributed by atoms with Crippen LogP contribution in [0.5, 0.6) is 0 Å². The van der Waals surface area contributed by atoms with E-state index in [-0.39, 0.29) is 12.1 Å². The number of carbonyl (C=O) groups is 2. The summed E-state index contributed by atoms with van der Waals surface area (Å²) in [6, 6.07) is 10.9. The SMILES string of the molecule is CNC(=O)n1ccc2cc(Nc3ccnc(NC(=O)N4CCOCC4)c3)ccc21. The van der Waals surface area contributed by atoms with E-state index in [0.717, 1.165) is 22.3 Å². The Kier molecular flexibility index (Phi) is 5.30. The van der Waals surface area contributed by atoms with Gasteiger partial charge in [-0.3, -0.25) is 9.88 Å². The van der Waals surface area contributed by atoms with Crippen LogP contribution >= 0.6 is 0 Å². The van der Waals surface area contributed by atoms with E-state index in [9.17, 15) is 9.59 Å². The number of morpholine rings is 1. The van der Waals surface area contributed by atoms with Crippen LogP contribution in [0.1, 0.15) is 0 Å². The molecule has 3 amide bonds. The summed E-state index contributed by atoms with van der Waals surface area (Å²) in [6.45, 7) is 2.23. The average molecular weight is 394 g/mol. The number of rotatable bonds is 3. The topological polar surface area (TPSA) is 101 Å². The van der Waals surface area contributed by atoms with Gasteiger partial charge in [0, 0.05) is 55.4 Å². The minimum absolute atomic E-state index is 0.185. The summed E-state index contributed by atoms with van der Waals surface area (Å²) in [7, 11) is 1.60. The Balaban J connectivity index is 1.47. The van der Waals surface area contributed by atoms with Gasteiger partial charge in [-0.15, -0.1) is 0 Å². The highest BCUT2D eigenvalue weighted by Crippen LogP contribution is 2.24. The molecule has 1 fully saturated rings. The Morgan fingerprint density at radius 3 is 2.62 bits per heavy atom. The molecule has 3 aromatic rings. The number of nitrogens with one attached hydrogen (secondary N) is 3. The lowest BCUT2D eigenvalue weighted by Crippen LogP contribution is -2.43. The maximum Gasteiger partial charge on any atom is 0.325 e. The first kappa shape index (κ1) is 18.8. The van der Waals surface area contributed by atoms with Crippen molar-refractivity contribution in [3.63, 3.8) is 0 Å². The maximum absolute atomic E-state index is 12.3. The molecule has 9 nitrogen and oxygen atoms in total. The first-order valence-corrected chi connectivity index (χ1v) is 9.34. The van der Waals surface area contributed by atoms with Crippen molar-refractivity contribution in [1.82, 2.24) is 19.8 Å². The van der Waals surface area contributed by atoms with Crippen molar-refractivity contribution in [3.8, 4) is 0 Å². The van der Waals surface area contributed by atoms with Gasteiger partial charge >= 0.3 is 12.1 Å². The third-order valence-electron chi connectivity index (χ3n) is 4.70. The molecule has 1 aliphatic heterocycles. The summed E-state index contributed by atoms with van der Waals surface area (Å²) in [4.78, 5) is 30.1. The van der Waals surface area contributed by atoms with Gasteiger partial charge in [0.1, 0.15) is 5.82 Å². The largest absolute Gasteiger partial charge is 0.378 e. The lowest BCUT2D eigenvalue weighted by Gasteiger charge is -2.26. The molecule has 1 aliphatic rings. The fourth-order valence-electron chi connectivity index (χ4n) is 3.22. The van der Waals surface area contributed by atoms with Crippen molar-refractivity contribution in [2.24, 2.45) is 0 Å². The van der Waals surface area contributed by atoms with Gasteiger partial charge in [0.15, 0.2) is 0 Å². The van der Waals surface area contributed by atoms with Gasteiger partial charge in [0.05, 0.1) is 18.7 Å². The molecule has 0 spiro atoms. The second-order valence-corrected chi connectivity index (χ2v) is 6.60. The summed E-state index contributed by atoms with van der Waals surface area (Å²) in [5, 5.41) is 9.68. The number of fused-ring (bicyclic) bond motifs is 1. The zero-order valence-electron chi connectivity index (χ0n) is 16.0. The highest BCUT2D eigenvalue weighted by Gasteiger charge is 2.17. The van der Waals surface area contributed by atoms with E-state index >= 15 is 0 Å². The Bertz CT molecular complexity index is 1040. The summed E-state index contributed by atoms with van der Waals surface area (Å²) in [6.07, 6.45) is 3.37. The van der Waals surface area contributed by atoms with Crippen LogP contribution < -0.4 is 16.0 Å². The Morgan fingerprint density at radius 1 is 1.03 bits per heavy atom. The molecule has 150 valence electrons. The zero-order valence-corrected chi connectivity index (χ0v) is 16.0. The number of anilines is 3. The molecule has 0 saturated carbocycles. The van der Waals surface area contributed by atoms with Crippen LogP contribution in [0.4, 0.5) is 26.8 Å². The van der Waals surface area contributed by atoms with Crippen molar-refractivity contribution in [2.45, 2.75) is 0 Å². The molecule has 3 heterocycles. The van der Waals surface area contributed by atoms with Crippen LogP contribution in [0.25, 0.3) is 10.9 Å². The molecule has 2 aromatic heterocycles. The lowest BCUT2D eigenvalue weighted by molar-refractivity contribution is 0.0564. The van der Waals surface area contributed by atoms with E-state index in [1.807, 2.05) is 30.3 Å². The van der Waals surface area contributed by atoms with E-state index in [4.69, 9.17) is 4.74 Å². The quantitative estimate of drug-likeness (QED) is 0.634. The molecule has 0 bridgehead atoms. The third kappa shape index (κ3) is 4.14. The number of carbonyl (C=O) groups excluding carboxylic acids is 2. The van der Waals surface area contributed by atoms with Crippen LogP contribution in [-0.4, -0.2) is 59.9 Å². The molecule has 1 aromatic carbocycles. The first-order chi connectivity index (χ1) is 14.1. The van der Waals surface area contributed by atoms with Gasteiger partial charge in [0.2, 0.25) is 0 Å². The fourth-order valence-corrected chi connectivity index (χ4v) is 3.22. The van der Waals surface area contributed by atoms with Crippen LogP contribution in [-0.2, 0) is 4.74 Å². The standard InChI is InChI=1S/C20H22N6O3/c1-21-19(27)26-7-5-14-12-15(2-3-17(14)26)23-16-4-6-22-18(13-16)24-20(28)25-8-10-29-11-9-25/h2-7,12-13H,8-11H2,1H3,(H,21,27)(H2,22,23,24,28). The number of aromatic nitrogens is 2. The van der Waals surface area contributed by atoms with E-state index in [2.05, 4.69) is 20.9 Å². The second-order valence-electron chi connectivity index (χ2n) is 6.60. The average Bonchev–Trinajstić information content (AvgIpc) is 3.17. The fraction of sp³-hybridized carbons (Fsp3) is 0.250. The van der Waals surface area contributed by atoms with Crippen LogP contribution in [0.3, 0.4) is 0 Å². The molecule has 0 atom stereocenters. The molecule has 0 radical (unpaired) electrons. The van der Waals surface area contributed by atoms with Gasteiger partial charge in [-0.25, -0.2) is 14.6 Å². The summed E-state index contributed by atoms with van der Waals surface area (Å²) in [5.74, 6) is 0.471. The molecule has 1 saturated heterocycles. The molecule has 9 heteroatoms. The van der Waals surface area contributed by atoms with Gasteiger partial charge in [0.25, 0.3) is 0 Å². The van der Waals surface area contributed by atoms with Gasteiger partial charge < -0.3 is 20.3 Å². The summed E-state index contributed by atoms with van der Waals surface area (Å²) < 4.78 is 6.83. The van der Waals surface area contributed by atoms with E-state index in [1.54, 1.807) is 35.0 Å². The smallest absolute Gasteiger partial charge is 0.325 e. The predicted octanol–water partition coefficient (Wildman–Crippen LogP) is 2.83. The molecular formula is C20H22N6O3. The van der Waals surface area contributed by atoms with Crippen molar-refractivity contribution in [2.75, 3.05) is 44.0 Å². The predicted molar refractivity (Wildman–Crippen MR) is 111 cm³/mol. The van der Waals surface area contributed by atoms with Gasteiger partial charge in [-0.2, -0.15) is 0 Å². The molecule has 0 unspecified atom stereocenters. The molecule has 3 N–H and O–H groups in total. The molecule has 29 heavy (non-hydrogen) atoms. The Morgan fingerprint density at radius 2 is 1.83 bits per heavy atom. The van der Waals surface area contributed by atoms with Crippen LogP contribution in [0.2, 0.25) is 0 Å². The molecular weight excluding hydrogens is 372 g/mol. The van der Waals surface area contributed by atoms with E-state index in [0.29, 0.717) is 32.1 Å². The highest BCUT2D eigenvalue weighted by atomic mass is 16.5. The summed E-state index contributed by atoms with van der Waals surface area (Å²) in [5.41, 5.74) is 2.48. The monoisotopic (exact) mass is 394 g/mol. The minimum Gasteiger partial charge on any atom is -0.378 e. The van der Waals surface area contributed by atoms with Crippen LogP contribution in [0.15, 0.2) is 48.8 Å². The number of ether oxygens (including phenoxy) is 1. The Labute approximate surface area is 167 Å². The van der Waals surface area contributed by atoms with Gasteiger partial charge in [-0.05, 0) is 30.3 Å². The Hall–Kier alpha value is -3.59. The lowest BCUT2D eigenvalue weighted by atomic mass is 10.2. The normalized spacial score (nSPS) is 13.9. The molecule has 4 rings (SSSR count). The number of benzene rings is 1. The van der Waals surface area contributed by atoms with E-state index in [1.165, 1.54) is 0 Å². The number of hydrogen-bond donors (Lipinski definition) is 3. The van der Waals surface area contributed by atoms with Crippen molar-refractivity contribution in [3.05, 3.63) is 48.8 Å². The van der Waals surface area contributed by atoms with Crippen LogP contribution in [0, 0.1) is 0 Å². The number of amides is 3. The minimum atomic E-state index is -0.185. The number of hydrogen-bond acceptors (Lipinski definition) is 5. The second kappa shape index (κ2) is 8.19. The third-order valence-corrected chi connectivity index (χ3v) is 4.70. The van der Waals surface area contributed by atoms with Crippen molar-refractivity contribution >= 4 is 40.2 Å². The first-order valence-electron chi connectivity index (χ1n) is 9.34. The van der Waals surface area contributed by atoms with E-state index < -0.39 is 0 Å².